The van der Waals surface area contributed by atoms with E-state index in [2.05, 4.69) is 6.58 Å². The molecule has 0 saturated carbocycles. The van der Waals surface area contributed by atoms with Gasteiger partial charge in [-0.05, 0) is 189 Å². The SMILES string of the molecule is C=C(C(=O)c1cc(Oc2cc(C(=O)OC)cc(C(=O)OC)c2)c2c3c(Oc4cc(C(F)(F)F)cc(C(F)(F)F)c4)cc4c5c(cc(Oc6cc(C(=O)OC)cc(C(=O)OC)c6)c(c6c(Oc7cc(C(F)(F)F)cc(C(F)(F)F)c7)cc(C(C)=O)c1c62)c53)C(=O)N(C1CCN(C(=O)OC(C)(C)C)CC1)C4=O)C(CCC)CCCC(=O)OC(C)(C)C. The molecule has 3 amide bonds. The Hall–Kier alpha value is -12.5. The molecule has 2 aliphatic heterocycles. The Balaban J connectivity index is 1.43. The van der Waals surface area contributed by atoms with E-state index in [0.717, 1.165) is 96.0 Å². The van der Waals surface area contributed by atoms with E-state index in [-0.39, 0.29) is 93.6 Å². The third-order valence-corrected chi connectivity index (χ3v) is 19.5. The molecule has 2 heterocycles. The fourth-order valence-corrected chi connectivity index (χ4v) is 14.4. The van der Waals surface area contributed by atoms with Crippen molar-refractivity contribution in [1.82, 2.24) is 9.80 Å². The summed E-state index contributed by atoms with van der Waals surface area (Å²) >= 11 is 0. The zero-order valence-corrected chi connectivity index (χ0v) is 65.6. The first-order chi connectivity index (χ1) is 55.5. The van der Waals surface area contributed by atoms with E-state index >= 15 is 71.9 Å². The molecule has 9 aromatic rings. The summed E-state index contributed by atoms with van der Waals surface area (Å²) in [7, 11) is 3.73. The number of imide groups is 1. The van der Waals surface area contributed by atoms with E-state index < -0.39 is 263 Å². The minimum absolute atomic E-state index is 0.00456. The number of ether oxygens (including phenoxy) is 10. The lowest BCUT2D eigenvalue weighted by molar-refractivity contribution is -0.155. The number of Topliss-reactive ketones (excluding diaryl/α,β-unsaturated/α-hetero) is 2. The van der Waals surface area contributed by atoms with Gasteiger partial charge in [0, 0.05) is 79.8 Å². The number of benzene rings is 9. The zero-order chi connectivity index (χ0) is 87.6. The summed E-state index contributed by atoms with van der Waals surface area (Å²) in [6, 6.07) is 7.76. The zero-order valence-electron chi connectivity index (χ0n) is 65.6. The molecule has 0 N–H and O–H groups in total. The number of ketones is 2. The number of allylic oxidation sites excluding steroid dienone is 1. The molecule has 0 radical (unpaired) electrons. The fraction of sp³-hybridized carbons (Fsp3) is 0.341. The number of hydrogen-bond acceptors (Lipinski definition) is 20. The Bertz CT molecular complexity index is 5570. The van der Waals surface area contributed by atoms with Crippen LogP contribution in [-0.4, -0.2) is 128 Å². The summed E-state index contributed by atoms with van der Waals surface area (Å²) in [6.07, 6.45) is -23.6. The van der Waals surface area contributed by atoms with E-state index in [4.69, 9.17) is 47.4 Å². The predicted octanol–water partition coefficient (Wildman–Crippen LogP) is 21.0. The number of fused-ring (bicyclic) bond motifs is 2. The van der Waals surface area contributed by atoms with Crippen molar-refractivity contribution in [3.8, 4) is 46.0 Å². The lowest BCUT2D eigenvalue weighted by Crippen LogP contribution is -2.52. The molecule has 0 bridgehead atoms. The molecule has 628 valence electrons. The third kappa shape index (κ3) is 18.3. The molecule has 1 saturated heterocycles. The van der Waals surface area contributed by atoms with Gasteiger partial charge in [-0.25, -0.2) is 24.0 Å². The largest absolute Gasteiger partial charge is 0.465 e. The van der Waals surface area contributed by atoms with Gasteiger partial charge in [0.15, 0.2) is 11.6 Å². The van der Waals surface area contributed by atoms with E-state index in [1.807, 2.05) is 0 Å². The van der Waals surface area contributed by atoms with Crippen LogP contribution in [0.1, 0.15) is 205 Å². The Kier molecular flexibility index (Phi) is 24.0. The number of esters is 5. The van der Waals surface area contributed by atoms with Gasteiger partial charge in [0.25, 0.3) is 11.8 Å². The van der Waals surface area contributed by atoms with Gasteiger partial charge in [-0.1, -0.05) is 19.9 Å². The van der Waals surface area contributed by atoms with E-state index in [0.29, 0.717) is 11.3 Å². The summed E-state index contributed by atoms with van der Waals surface area (Å²) in [4.78, 5) is 148. The monoisotopic (exact) mass is 1670 g/mol. The maximum Gasteiger partial charge on any atom is 0.416 e. The van der Waals surface area contributed by atoms with Crippen LogP contribution in [0.4, 0.5) is 57.5 Å². The first-order valence-corrected chi connectivity index (χ1v) is 36.6. The summed E-state index contributed by atoms with van der Waals surface area (Å²) in [6.45, 7) is 16.0. The number of likely N-dealkylation sites (tertiary alicyclic amines) is 1. The summed E-state index contributed by atoms with van der Waals surface area (Å²) in [5.41, 5.74) is -15.1. The molecular weight excluding hydrogens is 1600 g/mol. The number of methoxy groups -OCH3 is 4. The number of carbonyl (C=O) groups excluding carboxylic acids is 10. The highest BCUT2D eigenvalue weighted by Crippen LogP contribution is 2.59. The number of carbonyl (C=O) groups is 10. The van der Waals surface area contributed by atoms with Gasteiger partial charge in [0.1, 0.15) is 57.2 Å². The average molecular weight is 1670 g/mol. The van der Waals surface area contributed by atoms with Gasteiger partial charge in [-0.2, -0.15) is 52.7 Å². The minimum Gasteiger partial charge on any atom is -0.465 e. The highest BCUT2D eigenvalue weighted by Gasteiger charge is 2.46. The van der Waals surface area contributed by atoms with Crippen molar-refractivity contribution >= 4 is 102 Å². The van der Waals surface area contributed by atoms with Gasteiger partial charge in [-0.15, -0.1) is 0 Å². The highest BCUT2D eigenvalue weighted by atomic mass is 19.4. The Labute approximate surface area is 669 Å². The highest BCUT2D eigenvalue weighted by molar-refractivity contribution is 6.44. The quantitative estimate of drug-likeness (QED) is 0.00841. The number of nitrogens with zero attached hydrogens (tertiary/aromatic N) is 2. The van der Waals surface area contributed by atoms with Crippen LogP contribution in [0.2, 0.25) is 0 Å². The van der Waals surface area contributed by atoms with Crippen molar-refractivity contribution in [2.45, 2.75) is 142 Å². The van der Waals surface area contributed by atoms with Gasteiger partial charge in [0.05, 0.1) is 84.1 Å². The van der Waals surface area contributed by atoms with Gasteiger partial charge in [0.2, 0.25) is 0 Å². The number of rotatable bonds is 23. The molecule has 9 aromatic carbocycles. The minimum atomic E-state index is -5.64. The first kappa shape index (κ1) is 87.3. The summed E-state index contributed by atoms with van der Waals surface area (Å²) in [5.74, 6) is -18.8. The maximum absolute atomic E-state index is 16.5. The van der Waals surface area contributed by atoms with Crippen LogP contribution in [-0.2, 0) is 57.9 Å². The molecule has 2 aliphatic rings. The van der Waals surface area contributed by atoms with Crippen LogP contribution >= 0.6 is 0 Å². The fourth-order valence-electron chi connectivity index (χ4n) is 14.4. The van der Waals surface area contributed by atoms with Gasteiger partial charge >= 0.3 is 60.6 Å². The second kappa shape index (κ2) is 32.8. The van der Waals surface area contributed by atoms with Crippen LogP contribution in [0, 0.1) is 5.92 Å². The molecule has 0 aromatic heterocycles. The number of hydrogen-bond donors (Lipinski definition) is 0. The van der Waals surface area contributed by atoms with Crippen molar-refractivity contribution in [1.29, 1.82) is 0 Å². The van der Waals surface area contributed by atoms with Crippen molar-refractivity contribution in [2.24, 2.45) is 5.92 Å². The molecule has 119 heavy (non-hydrogen) atoms. The van der Waals surface area contributed by atoms with Gasteiger partial charge in [-0.3, -0.25) is 28.9 Å². The van der Waals surface area contributed by atoms with Crippen molar-refractivity contribution in [2.75, 3.05) is 41.5 Å². The molecule has 11 rings (SSSR count). The second-order valence-electron chi connectivity index (χ2n) is 30.1. The van der Waals surface area contributed by atoms with Crippen molar-refractivity contribution < 1.29 is 148 Å². The molecule has 1 atom stereocenters. The Morgan fingerprint density at radius 2 is 0.782 bits per heavy atom. The van der Waals surface area contributed by atoms with E-state index in [1.165, 1.54) is 4.90 Å². The van der Waals surface area contributed by atoms with E-state index in [9.17, 15) is 28.8 Å². The van der Waals surface area contributed by atoms with Crippen LogP contribution in [0.3, 0.4) is 0 Å². The van der Waals surface area contributed by atoms with Gasteiger partial charge < -0.3 is 52.3 Å². The normalized spacial score (nSPS) is 14.0. The number of alkyl halides is 12. The predicted molar refractivity (Wildman–Crippen MR) is 402 cm³/mol. The van der Waals surface area contributed by atoms with Crippen molar-refractivity contribution in [3.63, 3.8) is 0 Å². The van der Waals surface area contributed by atoms with Crippen LogP contribution in [0.15, 0.2) is 109 Å². The summed E-state index contributed by atoms with van der Waals surface area (Å²) in [5, 5.41) is -5.78. The molecular formula is C85H74F12N2O20. The second-order valence-corrected chi connectivity index (χ2v) is 30.1. The summed E-state index contributed by atoms with van der Waals surface area (Å²) < 4.78 is 241. The third-order valence-electron chi connectivity index (χ3n) is 19.5. The Morgan fingerprint density at radius 3 is 1.12 bits per heavy atom. The molecule has 0 aliphatic carbocycles. The molecule has 0 spiro atoms. The molecule has 1 fully saturated rings. The standard InChI is InChI=1S/C85H74F12N2O20/c1-14-16-41(17-15-18-63(101)118-80(4,5)6)39(2)72(102)56-36-60(114-51-25-42(75(105)110-10)23-43(26-51)76(106)111-11)67-69-62(117-54-33-48(84(92,93)94)30-49(34-54)85(95,96)97)38-58-65-57(73(103)99(74(58)104)50-19-21-98(22-20-50)79(109)119-81(7,8)9)37-61(115-52-27-44(77(107)112-12)24-45(28-52)78(108)113-13)68(71(65)69)66-59(35-55(40(3)100)64(56)70(66)67)116-53-31-46(82(86,87)88)29-47(32-53)83(89,90)91/h23-38,41,50H,2,14-22H2,1,3-13H3. The maximum atomic E-state index is 16.5. The number of halogens is 12. The lowest BCUT2D eigenvalue weighted by Gasteiger charge is -2.39. The van der Waals surface area contributed by atoms with Crippen molar-refractivity contribution in [3.05, 3.63) is 176 Å². The lowest BCUT2D eigenvalue weighted by atomic mass is 9.79. The first-order valence-electron chi connectivity index (χ1n) is 36.6. The van der Waals surface area contributed by atoms with Crippen LogP contribution in [0.25, 0.3) is 43.1 Å². The van der Waals surface area contributed by atoms with Crippen LogP contribution < -0.4 is 18.9 Å². The molecule has 22 nitrogen and oxygen atoms in total. The topological polar surface area (TPSA) is 269 Å². The van der Waals surface area contributed by atoms with Crippen LogP contribution in [0.5, 0.6) is 46.0 Å². The Morgan fingerprint density at radius 1 is 0.437 bits per heavy atom. The molecule has 34 heteroatoms. The smallest absolute Gasteiger partial charge is 0.416 e. The molecule has 1 unspecified atom stereocenters. The average Bonchev–Trinajstić information content (AvgIpc) is 0.673. The van der Waals surface area contributed by atoms with E-state index in [1.54, 1.807) is 48.5 Å². The number of piperidine rings is 1. The number of amides is 3.